The number of aliphatic hydroxyl groups excluding tert-OH is 1. The van der Waals surface area contributed by atoms with Crippen LogP contribution >= 0.6 is 0 Å². The fourth-order valence-electron chi connectivity index (χ4n) is 1.68. The molecule has 1 aromatic rings. The monoisotopic (exact) mass is 195 g/mol. The number of aromatic amines is 1. The highest BCUT2D eigenvalue weighted by Crippen LogP contribution is 2.15. The van der Waals surface area contributed by atoms with Gasteiger partial charge < -0.3 is 15.0 Å². The number of β-amino-alcohol motifs (C(OH)–C–C–N with tert-alkyl or cyclic N) is 1. The first-order valence-corrected chi connectivity index (χ1v) is 4.66. The van der Waals surface area contributed by atoms with Crippen molar-refractivity contribution in [1.29, 1.82) is 0 Å². The molecule has 1 aliphatic heterocycles. The maximum Gasteiger partial charge on any atom is 0.252 e. The van der Waals surface area contributed by atoms with Gasteiger partial charge in [-0.2, -0.15) is 0 Å². The fraction of sp³-hybridized carbons (Fsp3) is 0.556. The molecule has 2 N–H and O–H groups in total. The van der Waals surface area contributed by atoms with Crippen LogP contribution in [0.4, 0.5) is 5.82 Å². The van der Waals surface area contributed by atoms with Crippen molar-refractivity contribution in [3.05, 3.63) is 22.2 Å². The molecular weight excluding hydrogens is 182 g/mol. The Kier molecular flexibility index (Phi) is 2.25. The Balaban J connectivity index is 2.28. The molecule has 0 aliphatic carbocycles. The van der Waals surface area contributed by atoms with E-state index in [4.69, 9.17) is 0 Å². The predicted octanol–water partition coefficient (Wildman–Crippen LogP) is -0.351. The largest absolute Gasteiger partial charge is 0.391 e. The zero-order chi connectivity index (χ0) is 10.1. The summed E-state index contributed by atoms with van der Waals surface area (Å²) in [6, 6.07) is 1.46. The van der Waals surface area contributed by atoms with Crippen molar-refractivity contribution in [2.45, 2.75) is 19.4 Å². The number of H-pyrrole nitrogens is 1. The Morgan fingerprint density at radius 2 is 2.50 bits per heavy atom. The second-order valence-corrected chi connectivity index (χ2v) is 3.58. The van der Waals surface area contributed by atoms with E-state index in [1.165, 1.54) is 6.07 Å². The van der Waals surface area contributed by atoms with E-state index in [0.717, 1.165) is 13.0 Å². The van der Waals surface area contributed by atoms with Crippen LogP contribution in [-0.4, -0.2) is 34.3 Å². The summed E-state index contributed by atoms with van der Waals surface area (Å²) >= 11 is 0. The van der Waals surface area contributed by atoms with Gasteiger partial charge in [-0.05, 0) is 13.3 Å². The second kappa shape index (κ2) is 3.42. The number of hydrogen-bond acceptors (Lipinski definition) is 4. The van der Waals surface area contributed by atoms with Gasteiger partial charge in [-0.1, -0.05) is 0 Å². The third-order valence-corrected chi connectivity index (χ3v) is 2.33. The van der Waals surface area contributed by atoms with Gasteiger partial charge in [-0.3, -0.25) is 4.79 Å². The molecule has 0 bridgehead atoms. The topological polar surface area (TPSA) is 69.2 Å². The van der Waals surface area contributed by atoms with Gasteiger partial charge in [-0.25, -0.2) is 4.98 Å². The van der Waals surface area contributed by atoms with E-state index >= 15 is 0 Å². The van der Waals surface area contributed by atoms with Crippen molar-refractivity contribution in [1.82, 2.24) is 9.97 Å². The van der Waals surface area contributed by atoms with Gasteiger partial charge >= 0.3 is 0 Å². The highest BCUT2D eigenvalue weighted by atomic mass is 16.3. The van der Waals surface area contributed by atoms with Crippen LogP contribution < -0.4 is 10.5 Å². The van der Waals surface area contributed by atoms with Gasteiger partial charge in [0.2, 0.25) is 0 Å². The third kappa shape index (κ3) is 1.77. The highest BCUT2D eigenvalue weighted by molar-refractivity contribution is 5.38. The van der Waals surface area contributed by atoms with Gasteiger partial charge in [0.1, 0.15) is 11.6 Å². The lowest BCUT2D eigenvalue weighted by Crippen LogP contribution is -2.24. The molecule has 76 valence electrons. The number of nitrogens with zero attached hydrogens (tertiary/aromatic N) is 2. The summed E-state index contributed by atoms with van der Waals surface area (Å²) in [5.41, 5.74) is -0.145. The van der Waals surface area contributed by atoms with Crippen molar-refractivity contribution in [3.8, 4) is 0 Å². The molecule has 14 heavy (non-hydrogen) atoms. The minimum Gasteiger partial charge on any atom is -0.391 e. The Hall–Kier alpha value is -1.36. The van der Waals surface area contributed by atoms with E-state index in [1.54, 1.807) is 6.92 Å². The smallest absolute Gasteiger partial charge is 0.252 e. The molecule has 1 aliphatic rings. The van der Waals surface area contributed by atoms with E-state index < -0.39 is 0 Å². The van der Waals surface area contributed by atoms with Crippen LogP contribution in [-0.2, 0) is 0 Å². The summed E-state index contributed by atoms with van der Waals surface area (Å²) in [6.45, 7) is 3.07. The predicted molar refractivity (Wildman–Crippen MR) is 52.4 cm³/mol. The molecule has 0 unspecified atom stereocenters. The van der Waals surface area contributed by atoms with Crippen molar-refractivity contribution < 1.29 is 5.11 Å². The van der Waals surface area contributed by atoms with Crippen LogP contribution in [0.15, 0.2) is 10.9 Å². The minimum atomic E-state index is -0.295. The van der Waals surface area contributed by atoms with E-state index in [9.17, 15) is 9.90 Å². The standard InChI is InChI=1S/C9H13N3O2/c1-6-10-8(4-9(14)11-6)12-3-2-7(13)5-12/h4,7,13H,2-3,5H2,1H3,(H,10,11,14)/t7-/m1/s1. The molecule has 2 rings (SSSR count). The Morgan fingerprint density at radius 1 is 1.71 bits per heavy atom. The van der Waals surface area contributed by atoms with Gasteiger partial charge in [0.25, 0.3) is 5.56 Å². The Labute approximate surface area is 81.4 Å². The number of rotatable bonds is 1. The molecule has 1 saturated heterocycles. The summed E-state index contributed by atoms with van der Waals surface area (Å²) in [6.07, 6.45) is 0.449. The Bertz CT molecular complexity index is 388. The summed E-state index contributed by atoms with van der Waals surface area (Å²) in [4.78, 5) is 19.9. The second-order valence-electron chi connectivity index (χ2n) is 3.58. The summed E-state index contributed by atoms with van der Waals surface area (Å²) < 4.78 is 0. The van der Waals surface area contributed by atoms with Crippen LogP contribution in [0.3, 0.4) is 0 Å². The van der Waals surface area contributed by atoms with Crippen molar-refractivity contribution in [2.75, 3.05) is 18.0 Å². The van der Waals surface area contributed by atoms with Crippen LogP contribution in [0, 0.1) is 6.92 Å². The fourth-order valence-corrected chi connectivity index (χ4v) is 1.68. The lowest BCUT2D eigenvalue weighted by molar-refractivity contribution is 0.198. The van der Waals surface area contributed by atoms with E-state index in [2.05, 4.69) is 9.97 Å². The summed E-state index contributed by atoms with van der Waals surface area (Å²) in [5.74, 6) is 1.26. The molecule has 1 atom stereocenters. The van der Waals surface area contributed by atoms with Crippen LogP contribution in [0.1, 0.15) is 12.2 Å². The first-order valence-electron chi connectivity index (χ1n) is 4.66. The zero-order valence-electron chi connectivity index (χ0n) is 8.03. The summed E-state index contributed by atoms with van der Waals surface area (Å²) in [5, 5.41) is 9.34. The molecule has 0 radical (unpaired) electrons. The van der Waals surface area contributed by atoms with E-state index in [1.807, 2.05) is 4.90 Å². The normalized spacial score (nSPS) is 21.6. The van der Waals surface area contributed by atoms with Crippen LogP contribution in [0.2, 0.25) is 0 Å². The van der Waals surface area contributed by atoms with Crippen molar-refractivity contribution >= 4 is 5.82 Å². The number of aliphatic hydroxyl groups is 1. The molecule has 0 amide bonds. The molecule has 1 fully saturated rings. The number of aryl methyl sites for hydroxylation is 1. The summed E-state index contributed by atoms with van der Waals surface area (Å²) in [7, 11) is 0. The lowest BCUT2D eigenvalue weighted by Gasteiger charge is -2.15. The lowest BCUT2D eigenvalue weighted by atomic mass is 10.3. The average Bonchev–Trinajstić information content (AvgIpc) is 2.50. The van der Waals surface area contributed by atoms with Gasteiger partial charge in [-0.15, -0.1) is 0 Å². The minimum absolute atomic E-state index is 0.145. The molecule has 5 heteroatoms. The van der Waals surface area contributed by atoms with Crippen LogP contribution in [0.25, 0.3) is 0 Å². The molecule has 0 saturated carbocycles. The molecule has 1 aromatic heterocycles. The highest BCUT2D eigenvalue weighted by Gasteiger charge is 2.21. The van der Waals surface area contributed by atoms with E-state index in [0.29, 0.717) is 18.2 Å². The Morgan fingerprint density at radius 3 is 3.07 bits per heavy atom. The zero-order valence-corrected chi connectivity index (χ0v) is 8.03. The van der Waals surface area contributed by atoms with Gasteiger partial charge in [0, 0.05) is 19.2 Å². The first kappa shape index (κ1) is 9.21. The molecule has 0 aromatic carbocycles. The molecular formula is C9H13N3O2. The maximum absolute atomic E-state index is 11.2. The van der Waals surface area contributed by atoms with Gasteiger partial charge in [0.05, 0.1) is 6.10 Å². The van der Waals surface area contributed by atoms with E-state index in [-0.39, 0.29) is 11.7 Å². The molecule has 2 heterocycles. The number of hydrogen-bond donors (Lipinski definition) is 2. The SMILES string of the molecule is Cc1nc(N2CC[C@@H](O)C2)cc(=O)[nH]1. The van der Waals surface area contributed by atoms with Crippen molar-refractivity contribution in [2.24, 2.45) is 0 Å². The number of anilines is 1. The molecule has 5 nitrogen and oxygen atoms in total. The van der Waals surface area contributed by atoms with Gasteiger partial charge in [0.15, 0.2) is 0 Å². The maximum atomic E-state index is 11.2. The molecule has 0 spiro atoms. The van der Waals surface area contributed by atoms with Crippen LogP contribution in [0.5, 0.6) is 0 Å². The number of aromatic nitrogens is 2. The third-order valence-electron chi connectivity index (χ3n) is 2.33. The first-order chi connectivity index (χ1) is 6.65. The average molecular weight is 195 g/mol. The quantitative estimate of drug-likeness (QED) is 0.642. The van der Waals surface area contributed by atoms with Crippen molar-refractivity contribution in [3.63, 3.8) is 0 Å². The number of nitrogens with one attached hydrogen (secondary N) is 1.